The van der Waals surface area contributed by atoms with E-state index in [1.165, 1.54) is 12.1 Å². The highest BCUT2D eigenvalue weighted by Crippen LogP contribution is 2.32. The third kappa shape index (κ3) is 3.76. The van der Waals surface area contributed by atoms with Crippen LogP contribution in [0.1, 0.15) is 22.0 Å². The van der Waals surface area contributed by atoms with Crippen molar-refractivity contribution in [3.63, 3.8) is 0 Å². The van der Waals surface area contributed by atoms with Gasteiger partial charge in [0.2, 0.25) is 0 Å². The van der Waals surface area contributed by atoms with Gasteiger partial charge in [0, 0.05) is 40.8 Å². The molecular formula is C20H16Cl2FN3O2. The van der Waals surface area contributed by atoms with Crippen molar-refractivity contribution in [2.24, 2.45) is 0 Å². The summed E-state index contributed by atoms with van der Waals surface area (Å²) in [6, 6.07) is 9.89. The van der Waals surface area contributed by atoms with Crippen molar-refractivity contribution in [1.82, 2.24) is 14.5 Å². The number of morpholine rings is 1. The summed E-state index contributed by atoms with van der Waals surface area (Å²) in [5, 5.41) is 0.269. The van der Waals surface area contributed by atoms with E-state index < -0.39 is 11.9 Å². The third-order valence-electron chi connectivity index (χ3n) is 4.66. The molecule has 0 aliphatic carbocycles. The molecule has 28 heavy (non-hydrogen) atoms. The summed E-state index contributed by atoms with van der Waals surface area (Å²) in [5.74, 6) is -0.681. The number of benzene rings is 2. The molecule has 3 aromatic rings. The lowest BCUT2D eigenvalue weighted by atomic mass is 10.1. The minimum absolute atomic E-state index is 0.0459. The smallest absolute Gasteiger partial charge is 0.254 e. The maximum absolute atomic E-state index is 13.9. The third-order valence-corrected chi connectivity index (χ3v) is 5.27. The van der Waals surface area contributed by atoms with Gasteiger partial charge in [-0.1, -0.05) is 23.2 Å². The van der Waals surface area contributed by atoms with Gasteiger partial charge in [-0.3, -0.25) is 4.79 Å². The van der Waals surface area contributed by atoms with Crippen molar-refractivity contribution >= 4 is 29.1 Å². The molecule has 0 saturated carbocycles. The summed E-state index contributed by atoms with van der Waals surface area (Å²) in [6.07, 6.45) is 4.70. The second-order valence-electron chi connectivity index (χ2n) is 6.42. The second-order valence-corrected chi connectivity index (χ2v) is 7.23. The largest absolute Gasteiger partial charge is 0.370 e. The molecule has 0 spiro atoms. The molecule has 8 heteroatoms. The van der Waals surface area contributed by atoms with E-state index >= 15 is 0 Å². The second kappa shape index (κ2) is 7.91. The number of nitrogens with zero attached hydrogens (tertiary/aromatic N) is 3. The Morgan fingerprint density at radius 1 is 1.18 bits per heavy atom. The van der Waals surface area contributed by atoms with E-state index in [1.807, 2.05) is 22.9 Å². The molecular weight excluding hydrogens is 404 g/mol. The molecule has 0 radical (unpaired) electrons. The van der Waals surface area contributed by atoms with Crippen LogP contribution < -0.4 is 0 Å². The van der Waals surface area contributed by atoms with Crippen LogP contribution in [0.25, 0.3) is 5.69 Å². The number of carbonyl (C=O) groups is 1. The van der Waals surface area contributed by atoms with Gasteiger partial charge in [0.05, 0.1) is 24.5 Å². The number of carbonyl (C=O) groups excluding carboxylic acids is 1. The summed E-state index contributed by atoms with van der Waals surface area (Å²) in [6.45, 7) is 1.07. The SMILES string of the molecule is O=C(c1ccc(-n2ccnc2)cc1)N1CCOC(c2cc(F)c(Cl)cc2Cl)C1. The van der Waals surface area contributed by atoms with Gasteiger partial charge in [0.25, 0.3) is 5.91 Å². The van der Waals surface area contributed by atoms with Crippen LogP contribution in [0.4, 0.5) is 4.39 Å². The molecule has 1 aliphatic heterocycles. The van der Waals surface area contributed by atoms with E-state index in [0.29, 0.717) is 29.3 Å². The Balaban J connectivity index is 1.51. The minimum atomic E-state index is -0.566. The highest BCUT2D eigenvalue weighted by atomic mass is 35.5. The molecule has 5 nitrogen and oxygen atoms in total. The fourth-order valence-corrected chi connectivity index (χ4v) is 3.68. The molecule has 1 atom stereocenters. The minimum Gasteiger partial charge on any atom is -0.370 e. The van der Waals surface area contributed by atoms with Crippen molar-refractivity contribution in [1.29, 1.82) is 0 Å². The predicted octanol–water partition coefficient (Wildman–Crippen LogP) is 4.53. The van der Waals surface area contributed by atoms with Gasteiger partial charge in [-0.15, -0.1) is 0 Å². The lowest BCUT2D eigenvalue weighted by molar-refractivity contribution is -0.0228. The first-order valence-corrected chi connectivity index (χ1v) is 9.42. The first-order chi connectivity index (χ1) is 13.5. The number of imidazole rings is 1. The molecule has 0 bridgehead atoms. The van der Waals surface area contributed by atoms with E-state index in [2.05, 4.69) is 4.98 Å². The molecule has 0 N–H and O–H groups in total. The van der Waals surface area contributed by atoms with E-state index in [1.54, 1.807) is 29.6 Å². The zero-order valence-electron chi connectivity index (χ0n) is 14.7. The average molecular weight is 420 g/mol. The molecule has 144 valence electrons. The summed E-state index contributed by atoms with van der Waals surface area (Å²) in [4.78, 5) is 18.6. The van der Waals surface area contributed by atoms with Crippen LogP contribution in [-0.4, -0.2) is 40.1 Å². The van der Waals surface area contributed by atoms with Gasteiger partial charge in [0.1, 0.15) is 11.9 Å². The number of amides is 1. The summed E-state index contributed by atoms with van der Waals surface area (Å²) in [5.41, 5.74) is 1.96. The number of ether oxygens (including phenoxy) is 1. The van der Waals surface area contributed by atoms with E-state index in [0.717, 1.165) is 5.69 Å². The van der Waals surface area contributed by atoms with E-state index in [-0.39, 0.29) is 17.5 Å². The molecule has 2 heterocycles. The first-order valence-electron chi connectivity index (χ1n) is 8.66. The van der Waals surface area contributed by atoms with Crippen molar-refractivity contribution in [2.45, 2.75) is 6.10 Å². The van der Waals surface area contributed by atoms with E-state index in [4.69, 9.17) is 27.9 Å². The molecule has 1 aromatic heterocycles. The summed E-state index contributed by atoms with van der Waals surface area (Å²) in [7, 11) is 0. The van der Waals surface area contributed by atoms with Gasteiger partial charge in [-0.05, 0) is 36.4 Å². The van der Waals surface area contributed by atoms with Gasteiger partial charge >= 0.3 is 0 Å². The van der Waals surface area contributed by atoms with Gasteiger partial charge < -0.3 is 14.2 Å². The Labute approximate surface area is 171 Å². The number of rotatable bonds is 3. The Kier molecular flexibility index (Phi) is 5.35. The standard InChI is InChI=1S/C20H16Cl2FN3O2/c21-16-10-17(22)18(23)9-15(16)19-11-25(7-8-28-19)20(27)13-1-3-14(4-2-13)26-6-5-24-12-26/h1-6,9-10,12,19H,7-8,11H2. The van der Waals surface area contributed by atoms with Crippen LogP contribution in [-0.2, 0) is 4.74 Å². The lowest BCUT2D eigenvalue weighted by Crippen LogP contribution is -2.42. The normalized spacial score (nSPS) is 17.0. The van der Waals surface area contributed by atoms with Gasteiger partial charge in [-0.2, -0.15) is 0 Å². The van der Waals surface area contributed by atoms with Crippen LogP contribution in [0.5, 0.6) is 0 Å². The molecule has 1 amide bonds. The number of hydrogen-bond acceptors (Lipinski definition) is 3. The fourth-order valence-electron chi connectivity index (χ4n) is 3.18. The van der Waals surface area contributed by atoms with Crippen LogP contribution in [0.2, 0.25) is 10.0 Å². The lowest BCUT2D eigenvalue weighted by Gasteiger charge is -2.33. The monoisotopic (exact) mass is 419 g/mol. The number of aromatic nitrogens is 2. The zero-order valence-corrected chi connectivity index (χ0v) is 16.2. The highest BCUT2D eigenvalue weighted by Gasteiger charge is 2.28. The molecule has 1 aliphatic rings. The summed E-state index contributed by atoms with van der Waals surface area (Å²) >= 11 is 12.0. The van der Waals surface area contributed by atoms with Crippen LogP contribution in [0.15, 0.2) is 55.1 Å². The predicted molar refractivity (Wildman–Crippen MR) is 105 cm³/mol. The zero-order chi connectivity index (χ0) is 19.7. The number of halogens is 3. The Morgan fingerprint density at radius 3 is 2.68 bits per heavy atom. The van der Waals surface area contributed by atoms with Crippen molar-refractivity contribution < 1.29 is 13.9 Å². The maximum atomic E-state index is 13.9. The Bertz CT molecular complexity index is 993. The first kappa shape index (κ1) is 18.9. The van der Waals surface area contributed by atoms with Crippen molar-refractivity contribution in [3.05, 3.63) is 82.1 Å². The fraction of sp³-hybridized carbons (Fsp3) is 0.200. The molecule has 2 aromatic carbocycles. The van der Waals surface area contributed by atoms with Crippen LogP contribution in [0.3, 0.4) is 0 Å². The Morgan fingerprint density at radius 2 is 1.96 bits per heavy atom. The molecule has 1 fully saturated rings. The molecule has 1 unspecified atom stereocenters. The molecule has 1 saturated heterocycles. The quantitative estimate of drug-likeness (QED) is 0.585. The highest BCUT2D eigenvalue weighted by molar-refractivity contribution is 6.35. The van der Waals surface area contributed by atoms with Crippen LogP contribution in [0, 0.1) is 5.82 Å². The van der Waals surface area contributed by atoms with Crippen molar-refractivity contribution in [3.8, 4) is 5.69 Å². The van der Waals surface area contributed by atoms with Gasteiger partial charge in [-0.25, -0.2) is 9.37 Å². The number of hydrogen-bond donors (Lipinski definition) is 0. The maximum Gasteiger partial charge on any atom is 0.254 e. The van der Waals surface area contributed by atoms with Crippen molar-refractivity contribution in [2.75, 3.05) is 19.7 Å². The van der Waals surface area contributed by atoms with E-state index in [9.17, 15) is 9.18 Å². The summed E-state index contributed by atoms with van der Waals surface area (Å²) < 4.78 is 21.4. The average Bonchev–Trinajstić information content (AvgIpc) is 3.25. The van der Waals surface area contributed by atoms with Crippen LogP contribution >= 0.6 is 23.2 Å². The molecule has 4 rings (SSSR count). The topological polar surface area (TPSA) is 47.4 Å². The Hall–Kier alpha value is -2.41. The van der Waals surface area contributed by atoms with Gasteiger partial charge in [0.15, 0.2) is 0 Å².